The summed E-state index contributed by atoms with van der Waals surface area (Å²) < 4.78 is 1.36. The molecular formula is C20H30N6O2S. The number of thioether (sulfide) groups is 1. The van der Waals surface area contributed by atoms with Gasteiger partial charge in [-0.25, -0.2) is 9.47 Å². The van der Waals surface area contributed by atoms with Gasteiger partial charge in [0.05, 0.1) is 5.25 Å². The van der Waals surface area contributed by atoms with Crippen molar-refractivity contribution in [3.05, 3.63) is 29.8 Å². The molecule has 1 atom stereocenters. The molecule has 4 N–H and O–H groups in total. The second-order valence-electron chi connectivity index (χ2n) is 8.96. The number of benzene rings is 1. The van der Waals surface area contributed by atoms with Crippen LogP contribution >= 0.6 is 11.8 Å². The molecule has 29 heavy (non-hydrogen) atoms. The number of imide groups is 1. The molecule has 0 fully saturated rings. The van der Waals surface area contributed by atoms with Gasteiger partial charge in [-0.1, -0.05) is 56.8 Å². The summed E-state index contributed by atoms with van der Waals surface area (Å²) >= 11 is 1.13. The number of aromatic nitrogens is 3. The summed E-state index contributed by atoms with van der Waals surface area (Å²) in [6.45, 7) is 13.6. The molecule has 0 spiro atoms. The van der Waals surface area contributed by atoms with Gasteiger partial charge in [-0.2, -0.15) is 0 Å². The molecule has 2 rings (SSSR count). The first-order valence-corrected chi connectivity index (χ1v) is 10.3. The second kappa shape index (κ2) is 8.44. The molecule has 0 unspecified atom stereocenters. The van der Waals surface area contributed by atoms with E-state index < -0.39 is 22.7 Å². The predicted octanol–water partition coefficient (Wildman–Crippen LogP) is 3.06. The van der Waals surface area contributed by atoms with E-state index in [2.05, 4.69) is 41.6 Å². The summed E-state index contributed by atoms with van der Waals surface area (Å²) in [5.74, 6) is 6.22. The number of carbonyl (C=O) groups is 2. The Balaban J connectivity index is 2.07. The third-order valence-corrected chi connectivity index (χ3v) is 5.11. The topological polar surface area (TPSA) is 115 Å². The van der Waals surface area contributed by atoms with E-state index >= 15 is 0 Å². The Morgan fingerprint density at radius 1 is 1.07 bits per heavy atom. The van der Waals surface area contributed by atoms with Gasteiger partial charge in [0.25, 0.3) is 0 Å². The highest BCUT2D eigenvalue weighted by Crippen LogP contribution is 2.27. The van der Waals surface area contributed by atoms with Gasteiger partial charge in [0.1, 0.15) is 0 Å². The number of rotatable bonds is 4. The lowest BCUT2D eigenvalue weighted by molar-refractivity contribution is -0.119. The Morgan fingerprint density at radius 2 is 1.66 bits per heavy atom. The van der Waals surface area contributed by atoms with Gasteiger partial charge in [0, 0.05) is 11.1 Å². The molecule has 0 saturated heterocycles. The van der Waals surface area contributed by atoms with Crippen LogP contribution in [0.1, 0.15) is 54.0 Å². The van der Waals surface area contributed by atoms with Crippen LogP contribution < -0.4 is 16.5 Å². The first-order valence-electron chi connectivity index (χ1n) is 9.39. The average molecular weight is 419 g/mol. The van der Waals surface area contributed by atoms with Crippen molar-refractivity contribution in [3.8, 4) is 11.4 Å². The van der Waals surface area contributed by atoms with Crippen LogP contribution in [0.4, 0.5) is 4.79 Å². The minimum atomic E-state index is -0.580. The highest BCUT2D eigenvalue weighted by Gasteiger charge is 2.23. The van der Waals surface area contributed by atoms with E-state index in [0.717, 1.165) is 17.3 Å². The maximum absolute atomic E-state index is 12.3. The SMILES string of the molecule is C[C@@H](Sc1nnc(-c2ccc(C(C)(C)C)cc2)n1N)C(=O)NC(=O)NC(C)(C)C. The number of nitrogens with zero attached hydrogens (tertiary/aromatic N) is 3. The molecule has 3 amide bonds. The number of carbonyl (C=O) groups excluding carboxylic acids is 2. The van der Waals surface area contributed by atoms with Crippen LogP contribution in [0, 0.1) is 0 Å². The molecule has 158 valence electrons. The van der Waals surface area contributed by atoms with Crippen LogP contribution in [0.25, 0.3) is 11.4 Å². The highest BCUT2D eigenvalue weighted by molar-refractivity contribution is 8.00. The smallest absolute Gasteiger partial charge is 0.321 e. The van der Waals surface area contributed by atoms with Crippen molar-refractivity contribution in [2.24, 2.45) is 0 Å². The summed E-state index contributed by atoms with van der Waals surface area (Å²) in [5, 5.41) is 13.1. The molecule has 0 aliphatic rings. The third-order valence-electron chi connectivity index (χ3n) is 4.05. The first kappa shape index (κ1) is 22.7. The monoisotopic (exact) mass is 418 g/mol. The fourth-order valence-corrected chi connectivity index (χ4v) is 3.24. The molecule has 1 heterocycles. The van der Waals surface area contributed by atoms with E-state index in [4.69, 9.17) is 5.84 Å². The first-order chi connectivity index (χ1) is 13.3. The number of hydrogen-bond donors (Lipinski definition) is 3. The number of amides is 3. The number of urea groups is 1. The molecule has 2 aromatic rings. The van der Waals surface area contributed by atoms with Crippen LogP contribution in [0.3, 0.4) is 0 Å². The van der Waals surface area contributed by atoms with Crippen LogP contribution in [0.5, 0.6) is 0 Å². The second-order valence-corrected chi connectivity index (χ2v) is 10.3. The fraction of sp³-hybridized carbons (Fsp3) is 0.500. The summed E-state index contributed by atoms with van der Waals surface area (Å²) in [6.07, 6.45) is 0. The minimum absolute atomic E-state index is 0.0536. The van der Waals surface area contributed by atoms with E-state index in [0.29, 0.717) is 11.0 Å². The highest BCUT2D eigenvalue weighted by atomic mass is 32.2. The lowest BCUT2D eigenvalue weighted by Gasteiger charge is -2.21. The molecular weight excluding hydrogens is 388 g/mol. The molecule has 0 aliphatic heterocycles. The molecule has 0 aliphatic carbocycles. The van der Waals surface area contributed by atoms with Crippen molar-refractivity contribution < 1.29 is 9.59 Å². The minimum Gasteiger partial charge on any atom is -0.335 e. The Kier molecular flexibility index (Phi) is 6.62. The van der Waals surface area contributed by atoms with Crippen molar-refractivity contribution in [3.63, 3.8) is 0 Å². The van der Waals surface area contributed by atoms with Crippen molar-refractivity contribution in [1.82, 2.24) is 25.5 Å². The molecule has 9 heteroatoms. The molecule has 8 nitrogen and oxygen atoms in total. The van der Waals surface area contributed by atoms with Crippen LogP contribution in [0.2, 0.25) is 0 Å². The standard InChI is InChI=1S/C20H30N6O2S/c1-12(16(27)22-17(28)23-20(5,6)7)29-18-25-24-15(26(18)21)13-8-10-14(11-9-13)19(2,3)4/h8-12H,21H2,1-7H3,(H2,22,23,27,28)/t12-/m1/s1. The van der Waals surface area contributed by atoms with Gasteiger partial charge in [-0.3, -0.25) is 10.1 Å². The summed E-state index contributed by atoms with van der Waals surface area (Å²) in [6, 6.07) is 7.45. The van der Waals surface area contributed by atoms with Crippen molar-refractivity contribution in [2.45, 2.75) is 69.8 Å². The van der Waals surface area contributed by atoms with Gasteiger partial charge in [-0.05, 0) is 38.7 Å². The van der Waals surface area contributed by atoms with Crippen molar-refractivity contribution in [1.29, 1.82) is 0 Å². The Morgan fingerprint density at radius 3 is 2.17 bits per heavy atom. The Hall–Kier alpha value is -2.55. The number of hydrogen-bond acceptors (Lipinski definition) is 6. The van der Waals surface area contributed by atoms with Crippen LogP contribution in [-0.2, 0) is 10.2 Å². The molecule has 1 aromatic heterocycles. The zero-order chi connectivity index (χ0) is 22.0. The van der Waals surface area contributed by atoms with E-state index in [-0.39, 0.29) is 5.41 Å². The Labute approximate surface area is 176 Å². The van der Waals surface area contributed by atoms with Gasteiger partial charge in [-0.15, -0.1) is 10.2 Å². The van der Waals surface area contributed by atoms with E-state index in [1.165, 1.54) is 10.2 Å². The molecule has 0 saturated carbocycles. The lowest BCUT2D eigenvalue weighted by Crippen LogP contribution is -2.49. The number of nitrogen functional groups attached to an aromatic ring is 1. The van der Waals surface area contributed by atoms with Crippen LogP contribution in [0.15, 0.2) is 29.4 Å². The van der Waals surface area contributed by atoms with Crippen molar-refractivity contribution in [2.75, 3.05) is 5.84 Å². The predicted molar refractivity (Wildman–Crippen MR) is 116 cm³/mol. The van der Waals surface area contributed by atoms with Crippen LogP contribution in [-0.4, -0.2) is 37.6 Å². The molecule has 0 radical (unpaired) electrons. The summed E-state index contributed by atoms with van der Waals surface area (Å²) in [4.78, 5) is 24.1. The maximum atomic E-state index is 12.3. The largest absolute Gasteiger partial charge is 0.335 e. The molecule has 1 aromatic carbocycles. The average Bonchev–Trinajstić information content (AvgIpc) is 2.93. The maximum Gasteiger partial charge on any atom is 0.321 e. The van der Waals surface area contributed by atoms with Gasteiger partial charge in [0.15, 0.2) is 5.82 Å². The summed E-state index contributed by atoms with van der Waals surface area (Å²) in [5.41, 5.74) is 1.66. The van der Waals surface area contributed by atoms with E-state index in [1.54, 1.807) is 6.92 Å². The van der Waals surface area contributed by atoms with E-state index in [1.807, 2.05) is 45.0 Å². The Bertz CT molecular complexity index is 878. The van der Waals surface area contributed by atoms with E-state index in [9.17, 15) is 9.59 Å². The summed E-state index contributed by atoms with van der Waals surface area (Å²) in [7, 11) is 0. The number of nitrogens with two attached hydrogens (primary N) is 1. The normalized spacial score (nSPS) is 13.1. The lowest BCUT2D eigenvalue weighted by atomic mass is 9.87. The fourth-order valence-electron chi connectivity index (χ4n) is 2.47. The van der Waals surface area contributed by atoms with Gasteiger partial charge in [0.2, 0.25) is 11.1 Å². The number of nitrogens with one attached hydrogen (secondary N) is 2. The molecule has 0 bridgehead atoms. The van der Waals surface area contributed by atoms with Gasteiger partial charge < -0.3 is 11.2 Å². The van der Waals surface area contributed by atoms with Gasteiger partial charge >= 0.3 is 6.03 Å². The zero-order valence-electron chi connectivity index (χ0n) is 18.0. The zero-order valence-corrected chi connectivity index (χ0v) is 18.8. The van der Waals surface area contributed by atoms with Crippen molar-refractivity contribution >= 4 is 23.7 Å². The quantitative estimate of drug-likeness (QED) is 0.519. The third kappa shape index (κ3) is 6.22.